The van der Waals surface area contributed by atoms with Crippen LogP contribution in [-0.2, 0) is 13.0 Å². The van der Waals surface area contributed by atoms with Crippen molar-refractivity contribution in [1.29, 1.82) is 0 Å². The van der Waals surface area contributed by atoms with Crippen LogP contribution in [0.25, 0.3) is 5.65 Å². The van der Waals surface area contributed by atoms with Gasteiger partial charge in [-0.05, 0) is 31.9 Å². The molecule has 0 radical (unpaired) electrons. The Morgan fingerprint density at radius 3 is 2.83 bits per heavy atom. The first-order valence-corrected chi connectivity index (χ1v) is 7.71. The van der Waals surface area contributed by atoms with Gasteiger partial charge in [-0.2, -0.15) is 10.2 Å². The number of carbonyl (C=O) groups excluding carboxylic acids is 1. The summed E-state index contributed by atoms with van der Waals surface area (Å²) in [6.07, 6.45) is 4.41. The Bertz CT molecular complexity index is 814. The lowest BCUT2D eigenvalue weighted by Gasteiger charge is -2.06. The van der Waals surface area contributed by atoms with E-state index in [1.807, 2.05) is 11.6 Å². The number of rotatable bonds is 5. The molecule has 0 saturated heterocycles. The van der Waals surface area contributed by atoms with Crippen molar-refractivity contribution in [3.63, 3.8) is 0 Å². The molecule has 3 rings (SSSR count). The lowest BCUT2D eigenvalue weighted by atomic mass is 10.1. The fourth-order valence-corrected chi connectivity index (χ4v) is 2.77. The largest absolute Gasteiger partial charge is 0.349 e. The van der Waals surface area contributed by atoms with Gasteiger partial charge in [-0.1, -0.05) is 6.92 Å². The van der Waals surface area contributed by atoms with Gasteiger partial charge in [0.2, 0.25) is 0 Å². The summed E-state index contributed by atoms with van der Waals surface area (Å²) in [5, 5.41) is 11.6. The molecule has 0 spiro atoms. The third-order valence-corrected chi connectivity index (χ3v) is 3.96. The lowest BCUT2D eigenvalue weighted by molar-refractivity contribution is 0.0946. The van der Waals surface area contributed by atoms with Crippen LogP contribution >= 0.6 is 0 Å². The number of fused-ring (bicyclic) bond motifs is 1. The van der Waals surface area contributed by atoms with Crippen molar-refractivity contribution in [1.82, 2.24) is 29.7 Å². The molecule has 1 N–H and O–H groups in total. The third-order valence-electron chi connectivity index (χ3n) is 3.96. The Kier molecular flexibility index (Phi) is 4.10. The molecule has 23 heavy (non-hydrogen) atoms. The van der Waals surface area contributed by atoms with Gasteiger partial charge in [0, 0.05) is 30.7 Å². The van der Waals surface area contributed by atoms with Crippen LogP contribution in [0.2, 0.25) is 0 Å². The van der Waals surface area contributed by atoms with Crippen LogP contribution in [-0.4, -0.2) is 36.8 Å². The first-order chi connectivity index (χ1) is 11.1. The molecule has 0 aliphatic rings. The van der Waals surface area contributed by atoms with E-state index in [-0.39, 0.29) is 5.91 Å². The molecule has 3 aromatic rings. The van der Waals surface area contributed by atoms with Crippen LogP contribution in [0.5, 0.6) is 0 Å². The van der Waals surface area contributed by atoms with Crippen molar-refractivity contribution in [2.45, 2.75) is 33.7 Å². The normalized spacial score (nSPS) is 11.1. The Morgan fingerprint density at radius 1 is 1.30 bits per heavy atom. The molecule has 0 aliphatic carbocycles. The first kappa shape index (κ1) is 15.2. The van der Waals surface area contributed by atoms with Gasteiger partial charge in [0.1, 0.15) is 0 Å². The van der Waals surface area contributed by atoms with Gasteiger partial charge in [-0.3, -0.25) is 9.48 Å². The zero-order valence-electron chi connectivity index (χ0n) is 13.6. The van der Waals surface area contributed by atoms with Crippen LogP contribution in [0.1, 0.15) is 34.4 Å². The molecule has 0 bridgehead atoms. The maximum Gasteiger partial charge on any atom is 0.271 e. The van der Waals surface area contributed by atoms with E-state index in [9.17, 15) is 4.79 Å². The van der Waals surface area contributed by atoms with Crippen molar-refractivity contribution >= 4 is 11.6 Å². The smallest absolute Gasteiger partial charge is 0.271 e. The fourth-order valence-electron chi connectivity index (χ4n) is 2.77. The zero-order valence-corrected chi connectivity index (χ0v) is 13.6. The van der Waals surface area contributed by atoms with Crippen molar-refractivity contribution < 1.29 is 4.79 Å². The van der Waals surface area contributed by atoms with Gasteiger partial charge in [0.25, 0.3) is 5.91 Å². The highest BCUT2D eigenvalue weighted by atomic mass is 16.1. The van der Waals surface area contributed by atoms with Crippen molar-refractivity contribution in [3.8, 4) is 0 Å². The minimum atomic E-state index is -0.201. The molecule has 3 aromatic heterocycles. The summed E-state index contributed by atoms with van der Waals surface area (Å²) in [5.74, 6) is -0.201. The Balaban J connectivity index is 1.63. The van der Waals surface area contributed by atoms with E-state index in [4.69, 9.17) is 0 Å². The second kappa shape index (κ2) is 6.20. The minimum Gasteiger partial charge on any atom is -0.349 e. The molecule has 7 nitrogen and oxygen atoms in total. The molecule has 3 heterocycles. The number of nitrogens with one attached hydrogen (secondary N) is 1. The quantitative estimate of drug-likeness (QED) is 0.775. The summed E-state index contributed by atoms with van der Waals surface area (Å²) in [6, 6.07) is 3.45. The van der Waals surface area contributed by atoms with Gasteiger partial charge in [0.15, 0.2) is 11.3 Å². The first-order valence-electron chi connectivity index (χ1n) is 7.71. The molecule has 1 amide bonds. The second-order valence-corrected chi connectivity index (χ2v) is 5.43. The molecule has 0 aromatic carbocycles. The van der Waals surface area contributed by atoms with Gasteiger partial charge in [0.05, 0.1) is 12.2 Å². The molecule has 0 atom stereocenters. The van der Waals surface area contributed by atoms with Gasteiger partial charge in [-0.25, -0.2) is 9.50 Å². The van der Waals surface area contributed by atoms with E-state index in [0.717, 1.165) is 17.8 Å². The zero-order chi connectivity index (χ0) is 16.4. The molecule has 0 unspecified atom stereocenters. The van der Waals surface area contributed by atoms with Crippen molar-refractivity contribution in [2.75, 3.05) is 6.54 Å². The van der Waals surface area contributed by atoms with Crippen molar-refractivity contribution in [3.05, 3.63) is 47.2 Å². The number of hydrogen-bond donors (Lipinski definition) is 1. The van der Waals surface area contributed by atoms with Gasteiger partial charge < -0.3 is 5.32 Å². The summed E-state index contributed by atoms with van der Waals surface area (Å²) < 4.78 is 3.53. The minimum absolute atomic E-state index is 0.201. The van der Waals surface area contributed by atoms with Gasteiger partial charge in [-0.15, -0.1) is 0 Å². The van der Waals surface area contributed by atoms with Crippen LogP contribution in [0.15, 0.2) is 24.5 Å². The number of amides is 1. The molecule has 0 saturated carbocycles. The second-order valence-electron chi connectivity index (χ2n) is 5.43. The SMILES string of the molecule is CCc1c(C)nn(CCNC(=O)c2cc3ncccn3n2)c1C. The summed E-state index contributed by atoms with van der Waals surface area (Å²) in [5.41, 5.74) is 4.52. The number of carbonyl (C=O) groups is 1. The van der Waals surface area contributed by atoms with E-state index in [0.29, 0.717) is 24.4 Å². The van der Waals surface area contributed by atoms with E-state index in [1.54, 1.807) is 29.0 Å². The molecule has 0 aliphatic heterocycles. The monoisotopic (exact) mass is 312 g/mol. The third kappa shape index (κ3) is 2.94. The van der Waals surface area contributed by atoms with Crippen molar-refractivity contribution in [2.24, 2.45) is 0 Å². The predicted molar refractivity (Wildman–Crippen MR) is 86.4 cm³/mol. The standard InChI is InChI=1S/C16H20N6O/c1-4-13-11(2)19-21(12(13)3)9-7-18-16(23)14-10-15-17-6-5-8-22(15)20-14/h5-6,8,10H,4,7,9H2,1-3H3,(H,18,23). The fraction of sp³-hybridized carbons (Fsp3) is 0.375. The Morgan fingerprint density at radius 2 is 2.13 bits per heavy atom. The van der Waals surface area contributed by atoms with E-state index in [2.05, 4.69) is 34.3 Å². The maximum absolute atomic E-state index is 12.2. The van der Waals surface area contributed by atoms with Gasteiger partial charge >= 0.3 is 0 Å². The van der Waals surface area contributed by atoms with Crippen LogP contribution in [0, 0.1) is 13.8 Å². The number of aryl methyl sites for hydroxylation is 1. The average molecular weight is 312 g/mol. The molecular formula is C16H20N6O. The number of hydrogen-bond acceptors (Lipinski definition) is 4. The summed E-state index contributed by atoms with van der Waals surface area (Å²) in [6.45, 7) is 7.36. The molecular weight excluding hydrogens is 292 g/mol. The Labute approximate surface area is 134 Å². The lowest BCUT2D eigenvalue weighted by Crippen LogP contribution is -2.28. The summed E-state index contributed by atoms with van der Waals surface area (Å²) in [4.78, 5) is 16.3. The predicted octanol–water partition coefficient (Wildman–Crippen LogP) is 1.54. The highest BCUT2D eigenvalue weighted by molar-refractivity contribution is 5.93. The molecule has 0 fully saturated rings. The summed E-state index contributed by atoms with van der Waals surface area (Å²) >= 11 is 0. The number of aromatic nitrogens is 5. The highest BCUT2D eigenvalue weighted by Gasteiger charge is 2.12. The van der Waals surface area contributed by atoms with Crippen LogP contribution < -0.4 is 5.32 Å². The summed E-state index contributed by atoms with van der Waals surface area (Å²) in [7, 11) is 0. The molecule has 120 valence electrons. The maximum atomic E-state index is 12.2. The van der Waals surface area contributed by atoms with E-state index < -0.39 is 0 Å². The van der Waals surface area contributed by atoms with Crippen LogP contribution in [0.4, 0.5) is 0 Å². The molecule has 7 heteroatoms. The topological polar surface area (TPSA) is 77.1 Å². The average Bonchev–Trinajstić information content (AvgIpc) is 3.08. The van der Waals surface area contributed by atoms with Crippen LogP contribution in [0.3, 0.4) is 0 Å². The highest BCUT2D eigenvalue weighted by Crippen LogP contribution is 2.13. The Hall–Kier alpha value is -2.70. The van der Waals surface area contributed by atoms with E-state index in [1.165, 1.54) is 5.56 Å². The number of nitrogens with zero attached hydrogens (tertiary/aromatic N) is 5. The van der Waals surface area contributed by atoms with E-state index >= 15 is 0 Å².